The summed E-state index contributed by atoms with van der Waals surface area (Å²) in [5.74, 6) is 0.584. The average molecular weight is 374 g/mol. The molecule has 1 N–H and O–H groups in total. The number of rotatable bonds is 4. The van der Waals surface area contributed by atoms with Crippen molar-refractivity contribution in [2.24, 2.45) is 0 Å². The van der Waals surface area contributed by atoms with Crippen LogP contribution in [-0.2, 0) is 5.60 Å². The minimum absolute atomic E-state index is 0.306. The molecule has 0 aromatic heterocycles. The van der Waals surface area contributed by atoms with Crippen LogP contribution in [0.25, 0.3) is 11.1 Å². The molecule has 1 aliphatic carbocycles. The van der Waals surface area contributed by atoms with Crippen molar-refractivity contribution in [3.8, 4) is 22.6 Å². The van der Waals surface area contributed by atoms with Crippen LogP contribution >= 0.6 is 0 Å². The molecular formula is C24H22O4. The van der Waals surface area contributed by atoms with E-state index in [1.807, 2.05) is 49.4 Å². The maximum atomic E-state index is 13.5. The summed E-state index contributed by atoms with van der Waals surface area (Å²) in [5.41, 5.74) is 1.80. The predicted molar refractivity (Wildman–Crippen MR) is 108 cm³/mol. The monoisotopic (exact) mass is 374 g/mol. The Hall–Kier alpha value is -3.11. The number of aliphatic hydroxyl groups is 1. The van der Waals surface area contributed by atoms with E-state index in [9.17, 15) is 9.90 Å². The summed E-state index contributed by atoms with van der Waals surface area (Å²) in [5, 5.41) is 11.8. The average Bonchev–Trinajstić information content (AvgIpc) is 2.76. The van der Waals surface area contributed by atoms with Crippen LogP contribution in [0.1, 0.15) is 34.3 Å². The molecule has 4 rings (SSSR count). The Morgan fingerprint density at radius 3 is 2.07 bits per heavy atom. The third kappa shape index (κ3) is 2.60. The van der Waals surface area contributed by atoms with Gasteiger partial charge in [0.1, 0.15) is 11.5 Å². The third-order valence-corrected chi connectivity index (χ3v) is 5.67. The van der Waals surface area contributed by atoms with Crippen molar-refractivity contribution in [2.75, 3.05) is 14.2 Å². The zero-order valence-electron chi connectivity index (χ0n) is 16.1. The summed E-state index contributed by atoms with van der Waals surface area (Å²) in [6, 6.07) is 20.3. The van der Waals surface area contributed by atoms with E-state index in [1.54, 1.807) is 38.5 Å². The number of ketones is 1. The molecule has 1 aliphatic rings. The smallest absolute Gasteiger partial charge is 0.200 e. The Bertz CT molecular complexity index is 1040. The van der Waals surface area contributed by atoms with Gasteiger partial charge in [0.25, 0.3) is 0 Å². The largest absolute Gasteiger partial charge is 0.497 e. The second kappa shape index (κ2) is 6.80. The van der Waals surface area contributed by atoms with E-state index in [0.29, 0.717) is 22.6 Å². The van der Waals surface area contributed by atoms with Crippen LogP contribution < -0.4 is 9.47 Å². The highest BCUT2D eigenvalue weighted by atomic mass is 16.5. The van der Waals surface area contributed by atoms with Crippen LogP contribution in [0.3, 0.4) is 0 Å². The highest BCUT2D eigenvalue weighted by molar-refractivity contribution is 6.12. The van der Waals surface area contributed by atoms with Gasteiger partial charge in [0.2, 0.25) is 0 Å². The highest BCUT2D eigenvalue weighted by Gasteiger charge is 2.49. The summed E-state index contributed by atoms with van der Waals surface area (Å²) in [4.78, 5) is 13.5. The second-order valence-electron chi connectivity index (χ2n) is 7.05. The van der Waals surface area contributed by atoms with E-state index in [4.69, 9.17) is 9.47 Å². The molecule has 28 heavy (non-hydrogen) atoms. The maximum absolute atomic E-state index is 13.5. The van der Waals surface area contributed by atoms with Gasteiger partial charge in [-0.25, -0.2) is 0 Å². The molecule has 0 aliphatic heterocycles. The fourth-order valence-electron chi connectivity index (χ4n) is 4.02. The fourth-order valence-corrected chi connectivity index (χ4v) is 4.02. The molecule has 3 aromatic carbocycles. The molecule has 2 atom stereocenters. The summed E-state index contributed by atoms with van der Waals surface area (Å²) >= 11 is 0. The lowest BCUT2D eigenvalue weighted by Gasteiger charge is -2.39. The Balaban J connectivity index is 1.99. The number of benzene rings is 3. The van der Waals surface area contributed by atoms with E-state index in [1.165, 1.54) is 0 Å². The fraction of sp³-hybridized carbons (Fsp3) is 0.208. The van der Waals surface area contributed by atoms with E-state index >= 15 is 0 Å². The van der Waals surface area contributed by atoms with Gasteiger partial charge in [0.05, 0.1) is 14.2 Å². The van der Waals surface area contributed by atoms with Crippen LogP contribution in [-0.4, -0.2) is 25.1 Å². The molecule has 4 nitrogen and oxygen atoms in total. The number of fused-ring (bicyclic) bond motifs is 3. The molecular weight excluding hydrogens is 352 g/mol. The zero-order valence-corrected chi connectivity index (χ0v) is 16.1. The predicted octanol–water partition coefficient (Wildman–Crippen LogP) is 4.56. The lowest BCUT2D eigenvalue weighted by Crippen LogP contribution is -2.43. The Kier molecular flexibility index (Phi) is 4.44. The van der Waals surface area contributed by atoms with Gasteiger partial charge < -0.3 is 14.6 Å². The topological polar surface area (TPSA) is 55.8 Å². The third-order valence-electron chi connectivity index (χ3n) is 5.67. The minimum atomic E-state index is -1.68. The van der Waals surface area contributed by atoms with Crippen molar-refractivity contribution in [1.29, 1.82) is 0 Å². The number of ether oxygens (including phenoxy) is 2. The number of hydrogen-bond donors (Lipinski definition) is 1. The molecule has 0 heterocycles. The summed E-state index contributed by atoms with van der Waals surface area (Å²) in [6.07, 6.45) is 0. The molecule has 4 heteroatoms. The molecule has 0 spiro atoms. The number of carbonyl (C=O) groups is 1. The first kappa shape index (κ1) is 18.3. The Morgan fingerprint density at radius 1 is 0.821 bits per heavy atom. The number of methoxy groups -OCH3 is 2. The van der Waals surface area contributed by atoms with E-state index in [-0.39, 0.29) is 5.78 Å². The first-order valence-electron chi connectivity index (χ1n) is 9.19. The molecule has 0 saturated heterocycles. The number of hydrogen-bond acceptors (Lipinski definition) is 4. The Labute approximate surface area is 164 Å². The second-order valence-corrected chi connectivity index (χ2v) is 7.05. The van der Waals surface area contributed by atoms with Crippen LogP contribution in [0.4, 0.5) is 0 Å². The van der Waals surface area contributed by atoms with Crippen LogP contribution in [0, 0.1) is 0 Å². The standard InChI is InChI=1S/C24H22O4/c1-15(16-7-5-4-6-8-16)24(26)22-12-10-18(28-3)14-21(22)20-13-17(27-2)9-11-19(20)23(24)25/h4-15,26H,1-3H3. The molecule has 3 aromatic rings. The Morgan fingerprint density at radius 2 is 1.43 bits per heavy atom. The van der Waals surface area contributed by atoms with Gasteiger partial charge in [-0.15, -0.1) is 0 Å². The lowest BCUT2D eigenvalue weighted by molar-refractivity contribution is 0.0164. The van der Waals surface area contributed by atoms with Gasteiger partial charge in [0, 0.05) is 17.0 Å². The van der Waals surface area contributed by atoms with E-state index in [2.05, 4.69) is 0 Å². The van der Waals surface area contributed by atoms with Gasteiger partial charge in [-0.1, -0.05) is 43.3 Å². The van der Waals surface area contributed by atoms with Gasteiger partial charge in [-0.3, -0.25) is 4.79 Å². The molecule has 0 fully saturated rings. The summed E-state index contributed by atoms with van der Waals surface area (Å²) in [7, 11) is 3.19. The summed E-state index contributed by atoms with van der Waals surface area (Å²) < 4.78 is 10.7. The molecule has 0 radical (unpaired) electrons. The van der Waals surface area contributed by atoms with Crippen molar-refractivity contribution in [1.82, 2.24) is 0 Å². The van der Waals surface area contributed by atoms with Crippen LogP contribution in [0.2, 0.25) is 0 Å². The number of Topliss-reactive ketones (excluding diaryl/α,β-unsaturated/α-hetero) is 1. The zero-order chi connectivity index (χ0) is 19.9. The molecule has 0 saturated carbocycles. The first-order chi connectivity index (χ1) is 13.5. The van der Waals surface area contributed by atoms with Gasteiger partial charge >= 0.3 is 0 Å². The van der Waals surface area contributed by atoms with Crippen molar-refractivity contribution >= 4 is 5.78 Å². The molecule has 0 bridgehead atoms. The van der Waals surface area contributed by atoms with Crippen LogP contribution in [0.5, 0.6) is 11.5 Å². The van der Waals surface area contributed by atoms with E-state index < -0.39 is 11.5 Å². The van der Waals surface area contributed by atoms with Gasteiger partial charge in [0.15, 0.2) is 11.4 Å². The number of carbonyl (C=O) groups excluding carboxylic acids is 1. The molecule has 142 valence electrons. The van der Waals surface area contributed by atoms with Crippen molar-refractivity contribution in [2.45, 2.75) is 18.4 Å². The van der Waals surface area contributed by atoms with E-state index in [0.717, 1.165) is 16.7 Å². The highest BCUT2D eigenvalue weighted by Crippen LogP contribution is 2.50. The quantitative estimate of drug-likeness (QED) is 0.727. The normalized spacial score (nSPS) is 18.8. The maximum Gasteiger partial charge on any atom is 0.200 e. The van der Waals surface area contributed by atoms with Crippen molar-refractivity contribution in [3.05, 3.63) is 83.4 Å². The first-order valence-corrected chi connectivity index (χ1v) is 9.19. The van der Waals surface area contributed by atoms with Gasteiger partial charge in [-0.2, -0.15) is 0 Å². The lowest BCUT2D eigenvalue weighted by atomic mass is 9.67. The minimum Gasteiger partial charge on any atom is -0.497 e. The molecule has 0 amide bonds. The van der Waals surface area contributed by atoms with Crippen molar-refractivity contribution < 1.29 is 19.4 Å². The summed E-state index contributed by atoms with van der Waals surface area (Å²) in [6.45, 7) is 1.88. The van der Waals surface area contributed by atoms with Gasteiger partial charge in [-0.05, 0) is 47.0 Å². The van der Waals surface area contributed by atoms with Crippen molar-refractivity contribution in [3.63, 3.8) is 0 Å². The van der Waals surface area contributed by atoms with Crippen LogP contribution in [0.15, 0.2) is 66.7 Å². The molecule has 2 unspecified atom stereocenters. The SMILES string of the molecule is COc1ccc2c(c1)-c1cc(OC)ccc1C(O)(C(C)c1ccccc1)C2=O.